The van der Waals surface area contributed by atoms with Gasteiger partial charge in [0.1, 0.15) is 0 Å². The molecule has 8 heteroatoms. The van der Waals surface area contributed by atoms with Crippen LogP contribution in [0.5, 0.6) is 0 Å². The van der Waals surface area contributed by atoms with Gasteiger partial charge >= 0.3 is 6.18 Å². The number of benzene rings is 2. The highest BCUT2D eigenvalue weighted by Gasteiger charge is 2.39. The predicted octanol–water partition coefficient (Wildman–Crippen LogP) is 5.48. The topological polar surface area (TPSA) is 43.9 Å². The minimum atomic E-state index is -4.52. The fraction of sp³-hybridized carbons (Fsp3) is 0.533. The van der Waals surface area contributed by atoms with Crippen molar-refractivity contribution in [2.75, 3.05) is 39.8 Å². The Bertz CT molecular complexity index is 1150. The van der Waals surface area contributed by atoms with Gasteiger partial charge in [-0.2, -0.15) is 13.2 Å². The molecule has 1 atom stereocenters. The lowest BCUT2D eigenvalue weighted by atomic mass is 9.91. The number of rotatable bonds is 5. The number of carbonyl (C=O) groups is 2. The van der Waals surface area contributed by atoms with E-state index in [0.29, 0.717) is 42.7 Å². The van der Waals surface area contributed by atoms with E-state index >= 15 is 0 Å². The second-order valence-corrected chi connectivity index (χ2v) is 11.1. The van der Waals surface area contributed by atoms with Gasteiger partial charge in [-0.25, -0.2) is 0 Å². The Kier molecular flexibility index (Phi) is 7.80. The lowest BCUT2D eigenvalue weighted by Crippen LogP contribution is -2.47. The van der Waals surface area contributed by atoms with E-state index in [-0.39, 0.29) is 29.8 Å². The van der Waals surface area contributed by atoms with Crippen LogP contribution in [0.1, 0.15) is 60.0 Å². The number of amides is 2. The van der Waals surface area contributed by atoms with Crippen molar-refractivity contribution in [2.45, 2.75) is 57.2 Å². The third-order valence-electron chi connectivity index (χ3n) is 8.50. The monoisotopic (exact) mass is 527 g/mol. The van der Waals surface area contributed by atoms with Crippen LogP contribution in [0.25, 0.3) is 11.1 Å². The standard InChI is InChI=1S/C30H36F3N3O2/c1-34-15-17-35(18-16-34)28(37)22-9-7-21(8-10-22)23-11-12-24(27(20-23)30(31,32)33)19-25-13-14-36(29(25)38)26-5-3-2-4-6-26/h7-12,20,25-26H,2-6,13-19H2,1H3. The SMILES string of the molecule is CN1CCN(C(=O)c2ccc(-c3ccc(CC4CCN(C5CCCCC5)C4=O)c(C(F)(F)F)c3)cc2)CC1. The molecule has 2 aromatic carbocycles. The average Bonchev–Trinajstić information content (AvgIpc) is 3.28. The van der Waals surface area contributed by atoms with Gasteiger partial charge in [-0.05, 0) is 67.6 Å². The van der Waals surface area contributed by atoms with Crippen LogP contribution >= 0.6 is 0 Å². The molecule has 0 bridgehead atoms. The Balaban J connectivity index is 1.31. The van der Waals surface area contributed by atoms with Gasteiger partial charge in [0, 0.05) is 50.2 Å². The minimum Gasteiger partial charge on any atom is -0.339 e. The molecule has 2 aliphatic heterocycles. The summed E-state index contributed by atoms with van der Waals surface area (Å²) in [4.78, 5) is 31.8. The maximum atomic E-state index is 14.1. The summed E-state index contributed by atoms with van der Waals surface area (Å²) in [6.07, 6.45) is 1.62. The Morgan fingerprint density at radius 2 is 1.53 bits per heavy atom. The molecule has 1 aliphatic carbocycles. The lowest BCUT2D eigenvalue weighted by Gasteiger charge is -2.32. The van der Waals surface area contributed by atoms with Gasteiger partial charge < -0.3 is 14.7 Å². The molecule has 0 N–H and O–H groups in total. The molecule has 2 aromatic rings. The van der Waals surface area contributed by atoms with E-state index in [0.717, 1.165) is 38.8 Å². The van der Waals surface area contributed by atoms with Gasteiger partial charge in [0.2, 0.25) is 5.91 Å². The number of nitrogens with zero attached hydrogens (tertiary/aromatic N) is 3. The highest BCUT2D eigenvalue weighted by Crippen LogP contribution is 2.38. The highest BCUT2D eigenvalue weighted by atomic mass is 19.4. The predicted molar refractivity (Wildman–Crippen MR) is 141 cm³/mol. The largest absolute Gasteiger partial charge is 0.416 e. The van der Waals surface area contributed by atoms with Crippen LogP contribution in [0.4, 0.5) is 13.2 Å². The van der Waals surface area contributed by atoms with Crippen LogP contribution in [0.15, 0.2) is 42.5 Å². The van der Waals surface area contributed by atoms with Crippen LogP contribution in [-0.4, -0.2) is 72.3 Å². The number of likely N-dealkylation sites (N-methyl/N-ethyl adjacent to an activating group) is 1. The maximum absolute atomic E-state index is 14.1. The van der Waals surface area contributed by atoms with E-state index in [1.165, 1.54) is 18.6 Å². The van der Waals surface area contributed by atoms with Crippen LogP contribution in [0.3, 0.4) is 0 Å². The van der Waals surface area contributed by atoms with Gasteiger partial charge in [-0.15, -0.1) is 0 Å². The molecule has 38 heavy (non-hydrogen) atoms. The molecule has 2 heterocycles. The van der Waals surface area contributed by atoms with Crippen molar-refractivity contribution in [1.29, 1.82) is 0 Å². The third kappa shape index (κ3) is 5.75. The fourth-order valence-electron chi connectivity index (χ4n) is 6.17. The summed E-state index contributed by atoms with van der Waals surface area (Å²) in [6, 6.07) is 11.4. The Hall–Kier alpha value is -2.87. The van der Waals surface area contributed by atoms with Crippen molar-refractivity contribution in [3.8, 4) is 11.1 Å². The summed E-state index contributed by atoms with van der Waals surface area (Å²) in [5.74, 6) is -0.446. The summed E-state index contributed by atoms with van der Waals surface area (Å²) in [7, 11) is 2.02. The molecule has 0 spiro atoms. The van der Waals surface area contributed by atoms with Crippen LogP contribution in [0.2, 0.25) is 0 Å². The zero-order valence-corrected chi connectivity index (χ0v) is 22.0. The number of halogens is 3. The quantitative estimate of drug-likeness (QED) is 0.517. The van der Waals surface area contributed by atoms with E-state index in [1.54, 1.807) is 30.3 Å². The van der Waals surface area contributed by atoms with Gasteiger partial charge in [-0.3, -0.25) is 9.59 Å². The molecule has 204 valence electrons. The van der Waals surface area contributed by atoms with E-state index in [9.17, 15) is 22.8 Å². The number of alkyl halides is 3. The molecular weight excluding hydrogens is 491 g/mol. The molecule has 1 saturated carbocycles. The molecule has 2 amide bonds. The summed E-state index contributed by atoms with van der Waals surface area (Å²) in [5.41, 5.74) is 1.09. The van der Waals surface area contributed by atoms with E-state index in [1.807, 2.05) is 16.8 Å². The third-order valence-corrected chi connectivity index (χ3v) is 8.50. The van der Waals surface area contributed by atoms with E-state index in [4.69, 9.17) is 0 Å². The van der Waals surface area contributed by atoms with Crippen molar-refractivity contribution >= 4 is 11.8 Å². The Morgan fingerprint density at radius 3 is 2.18 bits per heavy atom. The second kappa shape index (κ2) is 11.1. The number of hydrogen-bond acceptors (Lipinski definition) is 3. The first-order chi connectivity index (χ1) is 18.2. The Labute approximate surface area is 222 Å². The molecule has 0 aromatic heterocycles. The number of carbonyl (C=O) groups excluding carboxylic acids is 2. The second-order valence-electron chi connectivity index (χ2n) is 11.1. The van der Waals surface area contributed by atoms with Crippen molar-refractivity contribution in [3.05, 3.63) is 59.2 Å². The average molecular weight is 528 g/mol. The van der Waals surface area contributed by atoms with E-state index < -0.39 is 17.7 Å². The first kappa shape index (κ1) is 26.7. The molecule has 0 radical (unpaired) electrons. The van der Waals surface area contributed by atoms with Crippen LogP contribution in [-0.2, 0) is 17.4 Å². The molecule has 2 saturated heterocycles. The smallest absolute Gasteiger partial charge is 0.339 e. The van der Waals surface area contributed by atoms with Crippen molar-refractivity contribution in [3.63, 3.8) is 0 Å². The number of likely N-dealkylation sites (tertiary alicyclic amines) is 1. The van der Waals surface area contributed by atoms with Gasteiger partial charge in [-0.1, -0.05) is 43.5 Å². The van der Waals surface area contributed by atoms with Crippen LogP contribution in [0, 0.1) is 5.92 Å². The number of piperazine rings is 1. The van der Waals surface area contributed by atoms with Gasteiger partial charge in [0.25, 0.3) is 5.91 Å². The summed E-state index contributed by atoms with van der Waals surface area (Å²) in [5, 5.41) is 0. The molecule has 5 nitrogen and oxygen atoms in total. The Morgan fingerprint density at radius 1 is 0.868 bits per heavy atom. The normalized spacial score (nSPS) is 21.8. The number of hydrogen-bond donors (Lipinski definition) is 0. The molecule has 1 unspecified atom stereocenters. The van der Waals surface area contributed by atoms with Crippen molar-refractivity contribution in [2.24, 2.45) is 5.92 Å². The van der Waals surface area contributed by atoms with Crippen molar-refractivity contribution in [1.82, 2.24) is 14.7 Å². The summed E-state index contributed by atoms with van der Waals surface area (Å²) >= 11 is 0. The zero-order chi connectivity index (χ0) is 26.9. The first-order valence-electron chi connectivity index (χ1n) is 13.8. The molecule has 3 fully saturated rings. The first-order valence-corrected chi connectivity index (χ1v) is 13.8. The fourth-order valence-corrected chi connectivity index (χ4v) is 6.17. The highest BCUT2D eigenvalue weighted by molar-refractivity contribution is 5.94. The lowest BCUT2D eigenvalue weighted by molar-refractivity contribution is -0.139. The maximum Gasteiger partial charge on any atom is 0.416 e. The summed E-state index contributed by atoms with van der Waals surface area (Å²) < 4.78 is 42.4. The van der Waals surface area contributed by atoms with Crippen molar-refractivity contribution < 1.29 is 22.8 Å². The van der Waals surface area contributed by atoms with Gasteiger partial charge in [0.05, 0.1) is 5.56 Å². The van der Waals surface area contributed by atoms with E-state index in [2.05, 4.69) is 4.90 Å². The van der Waals surface area contributed by atoms with Crippen LogP contribution < -0.4 is 0 Å². The zero-order valence-electron chi connectivity index (χ0n) is 22.0. The molecule has 3 aliphatic rings. The van der Waals surface area contributed by atoms with Gasteiger partial charge in [0.15, 0.2) is 0 Å². The molecule has 5 rings (SSSR count). The minimum absolute atomic E-state index is 0.00899. The molecular formula is C30H36F3N3O2. The summed E-state index contributed by atoms with van der Waals surface area (Å²) in [6.45, 7) is 3.61.